The van der Waals surface area contributed by atoms with Gasteiger partial charge in [0.25, 0.3) is 0 Å². The highest BCUT2D eigenvalue weighted by Crippen LogP contribution is 2.23. The molecule has 3 heterocycles. The van der Waals surface area contributed by atoms with Crippen molar-refractivity contribution in [1.82, 2.24) is 24.8 Å². The van der Waals surface area contributed by atoms with Crippen LogP contribution in [0, 0.1) is 12.8 Å². The van der Waals surface area contributed by atoms with Crippen molar-refractivity contribution in [1.29, 1.82) is 0 Å². The Morgan fingerprint density at radius 1 is 1.42 bits per heavy atom. The molecule has 0 bridgehead atoms. The summed E-state index contributed by atoms with van der Waals surface area (Å²) < 4.78 is 8.52. The largest absolute Gasteiger partial charge is 0.465 e. The van der Waals surface area contributed by atoms with Crippen molar-refractivity contribution in [3.63, 3.8) is 0 Å². The Bertz CT molecular complexity index is 829. The molecular formula is C16H20N6O2. The first kappa shape index (κ1) is 16.1. The number of rotatable bonds is 4. The molecule has 0 saturated heterocycles. The predicted molar refractivity (Wildman–Crippen MR) is 89.3 cm³/mol. The van der Waals surface area contributed by atoms with Gasteiger partial charge in [-0.2, -0.15) is 5.10 Å². The highest BCUT2D eigenvalue weighted by Gasteiger charge is 2.24. The number of carbonyl (C=O) groups excluding carboxylic acids is 1. The minimum Gasteiger partial charge on any atom is -0.465 e. The van der Waals surface area contributed by atoms with E-state index in [1.807, 2.05) is 33.2 Å². The summed E-state index contributed by atoms with van der Waals surface area (Å²) in [5.74, 6) is -0.661. The van der Waals surface area contributed by atoms with Gasteiger partial charge in [0.05, 0.1) is 42.9 Å². The van der Waals surface area contributed by atoms with Gasteiger partial charge in [0, 0.05) is 18.3 Å². The van der Waals surface area contributed by atoms with Gasteiger partial charge >= 0.3 is 5.97 Å². The fourth-order valence-electron chi connectivity index (χ4n) is 2.57. The van der Waals surface area contributed by atoms with Crippen molar-refractivity contribution in [3.8, 4) is 11.3 Å². The lowest BCUT2D eigenvalue weighted by Gasteiger charge is -2.17. The number of aromatic nitrogens is 5. The quantitative estimate of drug-likeness (QED) is 0.793. The summed E-state index contributed by atoms with van der Waals surface area (Å²) in [5, 5.41) is 12.6. The zero-order valence-electron chi connectivity index (χ0n) is 14.2. The third kappa shape index (κ3) is 2.86. The predicted octanol–water partition coefficient (Wildman–Crippen LogP) is 1.48. The molecule has 0 N–H and O–H groups in total. The molecule has 1 atom stereocenters. The van der Waals surface area contributed by atoms with Crippen molar-refractivity contribution in [2.24, 2.45) is 18.0 Å². The van der Waals surface area contributed by atoms with Crippen LogP contribution in [0.4, 0.5) is 0 Å². The van der Waals surface area contributed by atoms with Crippen LogP contribution < -0.4 is 0 Å². The topological polar surface area (TPSA) is 87.2 Å². The van der Waals surface area contributed by atoms with Crippen LogP contribution in [0.25, 0.3) is 17.0 Å². The van der Waals surface area contributed by atoms with Crippen molar-refractivity contribution in [2.75, 3.05) is 13.2 Å². The standard InChI is InChI=1S/C16H20N6O2/c1-5-24-16(23)12-6-15(10(2)17-7-12)22-9-14(19-20-22)13-8-18-21(4)11(13)3/h6,8-9,12H,5,7H2,1-4H3. The van der Waals surface area contributed by atoms with Crippen molar-refractivity contribution in [3.05, 3.63) is 24.2 Å². The Labute approximate surface area is 139 Å². The van der Waals surface area contributed by atoms with E-state index in [0.29, 0.717) is 13.2 Å². The van der Waals surface area contributed by atoms with Crippen LogP contribution in [0.2, 0.25) is 0 Å². The van der Waals surface area contributed by atoms with Gasteiger partial charge in [0.2, 0.25) is 0 Å². The third-order valence-electron chi connectivity index (χ3n) is 4.10. The molecular weight excluding hydrogens is 308 g/mol. The van der Waals surface area contributed by atoms with Gasteiger partial charge in [0.15, 0.2) is 0 Å². The van der Waals surface area contributed by atoms with Crippen LogP contribution in [0.5, 0.6) is 0 Å². The van der Waals surface area contributed by atoms with Gasteiger partial charge in [-0.25, -0.2) is 4.68 Å². The number of allylic oxidation sites excluding steroid dienone is 1. The highest BCUT2D eigenvalue weighted by molar-refractivity contribution is 6.18. The zero-order valence-corrected chi connectivity index (χ0v) is 14.2. The number of dihydropyridines is 1. The number of ether oxygens (including phenoxy) is 1. The maximum atomic E-state index is 12.0. The summed E-state index contributed by atoms with van der Waals surface area (Å²) in [6, 6.07) is 0. The smallest absolute Gasteiger partial charge is 0.314 e. The van der Waals surface area contributed by atoms with Crippen LogP contribution in [0.1, 0.15) is 19.5 Å². The molecule has 0 amide bonds. The zero-order chi connectivity index (χ0) is 17.3. The van der Waals surface area contributed by atoms with E-state index in [1.54, 1.807) is 22.5 Å². The Kier molecular flexibility index (Phi) is 4.28. The minimum absolute atomic E-state index is 0.269. The molecule has 0 aliphatic carbocycles. The van der Waals surface area contributed by atoms with Crippen molar-refractivity contribution in [2.45, 2.75) is 20.8 Å². The Balaban J connectivity index is 1.91. The van der Waals surface area contributed by atoms with Crippen LogP contribution >= 0.6 is 0 Å². The summed E-state index contributed by atoms with van der Waals surface area (Å²) >= 11 is 0. The van der Waals surface area contributed by atoms with E-state index in [4.69, 9.17) is 4.74 Å². The van der Waals surface area contributed by atoms with Crippen molar-refractivity contribution >= 4 is 17.4 Å². The average molecular weight is 328 g/mol. The molecule has 0 saturated carbocycles. The van der Waals surface area contributed by atoms with E-state index >= 15 is 0 Å². The molecule has 0 fully saturated rings. The second kappa shape index (κ2) is 6.38. The lowest BCUT2D eigenvalue weighted by molar-refractivity contribution is -0.145. The molecule has 1 unspecified atom stereocenters. The Hall–Kier alpha value is -2.77. The van der Waals surface area contributed by atoms with Crippen molar-refractivity contribution < 1.29 is 9.53 Å². The molecule has 1 aliphatic rings. The average Bonchev–Trinajstić information content (AvgIpc) is 3.16. The number of hydrogen-bond acceptors (Lipinski definition) is 6. The van der Waals surface area contributed by atoms with Gasteiger partial charge < -0.3 is 4.74 Å². The Morgan fingerprint density at radius 2 is 2.21 bits per heavy atom. The van der Waals surface area contributed by atoms with Crippen LogP contribution in [0.15, 0.2) is 23.5 Å². The van der Waals surface area contributed by atoms with Crippen LogP contribution in [-0.4, -0.2) is 49.6 Å². The molecule has 2 aromatic heterocycles. The van der Waals surface area contributed by atoms with Gasteiger partial charge in [-0.1, -0.05) is 5.21 Å². The molecule has 24 heavy (non-hydrogen) atoms. The first-order valence-electron chi connectivity index (χ1n) is 7.82. The summed E-state index contributed by atoms with van der Waals surface area (Å²) in [5.41, 5.74) is 4.23. The lowest BCUT2D eigenvalue weighted by atomic mass is 10.0. The Morgan fingerprint density at radius 3 is 2.88 bits per heavy atom. The first-order valence-corrected chi connectivity index (χ1v) is 7.82. The fraction of sp³-hybridized carbons (Fsp3) is 0.438. The number of carbonyl (C=O) groups is 1. The maximum Gasteiger partial charge on any atom is 0.314 e. The van der Waals surface area contributed by atoms with E-state index in [-0.39, 0.29) is 5.97 Å². The van der Waals surface area contributed by atoms with Gasteiger partial charge in [-0.3, -0.25) is 14.5 Å². The molecule has 8 heteroatoms. The maximum absolute atomic E-state index is 12.0. The monoisotopic (exact) mass is 328 g/mol. The molecule has 3 rings (SSSR count). The lowest BCUT2D eigenvalue weighted by Crippen LogP contribution is -2.24. The number of esters is 1. The second-order valence-electron chi connectivity index (χ2n) is 5.65. The molecule has 2 aromatic rings. The normalized spacial score (nSPS) is 17.4. The SMILES string of the molecule is CCOC(=O)C1C=C(n2cc(-c3cnn(C)c3C)nn2)C(C)=NC1. The number of aliphatic imine (C=N–C) groups is 1. The van der Waals surface area contributed by atoms with Gasteiger partial charge in [0.1, 0.15) is 5.69 Å². The highest BCUT2D eigenvalue weighted by atomic mass is 16.5. The fourth-order valence-corrected chi connectivity index (χ4v) is 2.57. The van der Waals surface area contributed by atoms with E-state index in [1.165, 1.54) is 0 Å². The van der Waals surface area contributed by atoms with E-state index in [0.717, 1.165) is 28.4 Å². The first-order chi connectivity index (χ1) is 11.5. The molecule has 8 nitrogen and oxygen atoms in total. The van der Waals surface area contributed by atoms with E-state index in [2.05, 4.69) is 20.4 Å². The van der Waals surface area contributed by atoms with Gasteiger partial charge in [-0.15, -0.1) is 5.10 Å². The minimum atomic E-state index is -0.392. The number of nitrogens with zero attached hydrogens (tertiary/aromatic N) is 6. The second-order valence-corrected chi connectivity index (χ2v) is 5.65. The van der Waals surface area contributed by atoms with Crippen LogP contribution in [-0.2, 0) is 16.6 Å². The summed E-state index contributed by atoms with van der Waals surface area (Å²) in [4.78, 5) is 16.4. The molecule has 0 aromatic carbocycles. The third-order valence-corrected chi connectivity index (χ3v) is 4.10. The van der Waals surface area contributed by atoms with E-state index in [9.17, 15) is 4.79 Å². The molecule has 1 aliphatic heterocycles. The number of aryl methyl sites for hydroxylation is 1. The van der Waals surface area contributed by atoms with Gasteiger partial charge in [-0.05, 0) is 26.8 Å². The number of hydrogen-bond donors (Lipinski definition) is 0. The summed E-state index contributed by atoms with van der Waals surface area (Å²) in [6.07, 6.45) is 5.43. The van der Waals surface area contributed by atoms with E-state index < -0.39 is 5.92 Å². The summed E-state index contributed by atoms with van der Waals surface area (Å²) in [7, 11) is 1.88. The van der Waals surface area contributed by atoms with Crippen LogP contribution in [0.3, 0.4) is 0 Å². The summed E-state index contributed by atoms with van der Waals surface area (Å²) in [6.45, 7) is 6.42. The molecule has 0 radical (unpaired) electrons. The molecule has 0 spiro atoms. The molecule has 126 valence electrons.